The number of halogens is 4. The first-order valence-corrected chi connectivity index (χ1v) is 6.41. The van der Waals surface area contributed by atoms with Gasteiger partial charge < -0.3 is 5.32 Å². The van der Waals surface area contributed by atoms with Crippen molar-refractivity contribution in [2.24, 2.45) is 0 Å². The van der Waals surface area contributed by atoms with Gasteiger partial charge in [-0.3, -0.25) is 4.79 Å². The predicted octanol–water partition coefficient (Wildman–Crippen LogP) is 3.97. The molecule has 3 nitrogen and oxygen atoms in total. The molecule has 1 aromatic carbocycles. The fourth-order valence-corrected chi connectivity index (χ4v) is 1.94. The van der Waals surface area contributed by atoms with Crippen LogP contribution in [0.5, 0.6) is 0 Å². The second-order valence-corrected chi connectivity index (χ2v) is 4.61. The molecule has 2 aromatic rings. The SMILES string of the molecule is CCc1cc(C(=O)Nc2c(F)cc(F)cc2F)cc(Cl)n1. The van der Waals surface area contributed by atoms with E-state index in [0.717, 1.165) is 0 Å². The Hall–Kier alpha value is -2.08. The summed E-state index contributed by atoms with van der Waals surface area (Å²) >= 11 is 5.77. The van der Waals surface area contributed by atoms with Crippen molar-refractivity contribution < 1.29 is 18.0 Å². The second-order valence-electron chi connectivity index (χ2n) is 4.22. The summed E-state index contributed by atoms with van der Waals surface area (Å²) in [5.41, 5.74) is -0.0462. The highest BCUT2D eigenvalue weighted by molar-refractivity contribution is 6.29. The molecule has 0 unspecified atom stereocenters. The van der Waals surface area contributed by atoms with E-state index in [4.69, 9.17) is 11.6 Å². The molecule has 0 aliphatic rings. The molecule has 0 fully saturated rings. The number of amides is 1. The van der Waals surface area contributed by atoms with Gasteiger partial charge in [0.2, 0.25) is 0 Å². The summed E-state index contributed by atoms with van der Waals surface area (Å²) in [6.45, 7) is 1.82. The first-order chi connectivity index (χ1) is 9.90. The van der Waals surface area contributed by atoms with Crippen LogP contribution in [0.2, 0.25) is 5.15 Å². The number of pyridine rings is 1. The normalized spacial score (nSPS) is 10.5. The number of nitrogens with one attached hydrogen (secondary N) is 1. The van der Waals surface area contributed by atoms with E-state index in [2.05, 4.69) is 10.3 Å². The molecule has 1 N–H and O–H groups in total. The van der Waals surface area contributed by atoms with Crippen molar-refractivity contribution in [3.63, 3.8) is 0 Å². The Bertz CT molecular complexity index is 684. The van der Waals surface area contributed by atoms with Crippen LogP contribution in [-0.2, 0) is 6.42 Å². The van der Waals surface area contributed by atoms with E-state index in [9.17, 15) is 18.0 Å². The molecular formula is C14H10ClF3N2O. The van der Waals surface area contributed by atoms with Crippen LogP contribution in [0, 0.1) is 17.5 Å². The maximum absolute atomic E-state index is 13.5. The molecule has 0 aliphatic carbocycles. The van der Waals surface area contributed by atoms with Crippen LogP contribution in [0.4, 0.5) is 18.9 Å². The van der Waals surface area contributed by atoms with Gasteiger partial charge in [-0.05, 0) is 18.6 Å². The minimum absolute atomic E-state index is 0.0968. The van der Waals surface area contributed by atoms with Crippen LogP contribution in [0.3, 0.4) is 0 Å². The Morgan fingerprint density at radius 3 is 2.38 bits per heavy atom. The number of carbonyl (C=O) groups is 1. The van der Waals surface area contributed by atoms with Gasteiger partial charge in [0.1, 0.15) is 16.7 Å². The zero-order valence-corrected chi connectivity index (χ0v) is 11.6. The van der Waals surface area contributed by atoms with Crippen LogP contribution in [-0.4, -0.2) is 10.9 Å². The zero-order chi connectivity index (χ0) is 15.6. The van der Waals surface area contributed by atoms with Gasteiger partial charge in [0, 0.05) is 23.4 Å². The Kier molecular flexibility index (Phi) is 4.47. The Morgan fingerprint density at radius 1 is 1.19 bits per heavy atom. The number of rotatable bonds is 3. The van der Waals surface area contributed by atoms with Crippen molar-refractivity contribution in [3.8, 4) is 0 Å². The molecule has 0 atom stereocenters. The molecule has 7 heteroatoms. The minimum atomic E-state index is -1.20. The molecule has 21 heavy (non-hydrogen) atoms. The number of anilines is 1. The summed E-state index contributed by atoms with van der Waals surface area (Å²) in [6.07, 6.45) is 0.542. The van der Waals surface area contributed by atoms with Gasteiger partial charge in [-0.15, -0.1) is 0 Å². The lowest BCUT2D eigenvalue weighted by Gasteiger charge is -2.09. The molecule has 0 bridgehead atoms. The number of aryl methyl sites for hydroxylation is 1. The number of aromatic nitrogens is 1. The molecule has 0 spiro atoms. The highest BCUT2D eigenvalue weighted by atomic mass is 35.5. The third-order valence-electron chi connectivity index (χ3n) is 2.72. The molecule has 1 amide bonds. The van der Waals surface area contributed by atoms with Crippen LogP contribution in [0.25, 0.3) is 0 Å². The number of benzene rings is 1. The van der Waals surface area contributed by atoms with Gasteiger partial charge >= 0.3 is 0 Å². The second kappa shape index (κ2) is 6.13. The molecular weight excluding hydrogens is 305 g/mol. The van der Waals surface area contributed by atoms with Gasteiger partial charge in [0.25, 0.3) is 5.91 Å². The van der Waals surface area contributed by atoms with Crippen LogP contribution in [0.15, 0.2) is 24.3 Å². The standard InChI is InChI=1S/C14H10ClF3N2O/c1-2-9-3-7(4-12(15)19-9)14(21)20-13-10(17)5-8(16)6-11(13)18/h3-6H,2H2,1H3,(H,20,21). The molecule has 2 rings (SSSR count). The summed E-state index contributed by atoms with van der Waals surface area (Å²) in [5.74, 6) is -4.23. The number of hydrogen-bond donors (Lipinski definition) is 1. The number of carbonyl (C=O) groups excluding carboxylic acids is 1. The van der Waals surface area contributed by atoms with Gasteiger partial charge in [0.05, 0.1) is 0 Å². The summed E-state index contributed by atoms with van der Waals surface area (Å²) in [6, 6.07) is 3.70. The molecule has 0 radical (unpaired) electrons. The first-order valence-electron chi connectivity index (χ1n) is 6.03. The fourth-order valence-electron chi connectivity index (χ4n) is 1.71. The lowest BCUT2D eigenvalue weighted by atomic mass is 10.2. The predicted molar refractivity (Wildman–Crippen MR) is 72.9 cm³/mol. The molecule has 1 heterocycles. The summed E-state index contributed by atoms with van der Waals surface area (Å²) < 4.78 is 39.8. The maximum atomic E-state index is 13.5. The van der Waals surface area contributed by atoms with Crippen LogP contribution < -0.4 is 5.32 Å². The summed E-state index contributed by atoms with van der Waals surface area (Å²) in [7, 11) is 0. The van der Waals surface area contributed by atoms with E-state index in [1.165, 1.54) is 12.1 Å². The zero-order valence-electron chi connectivity index (χ0n) is 10.9. The van der Waals surface area contributed by atoms with Crippen molar-refractivity contribution in [1.82, 2.24) is 4.98 Å². The number of hydrogen-bond acceptors (Lipinski definition) is 2. The van der Waals surface area contributed by atoms with Crippen LogP contribution >= 0.6 is 11.6 Å². The molecule has 0 saturated heterocycles. The van der Waals surface area contributed by atoms with E-state index in [-0.39, 0.29) is 10.7 Å². The Morgan fingerprint density at radius 2 is 1.81 bits per heavy atom. The van der Waals surface area contributed by atoms with E-state index in [1.807, 2.05) is 6.92 Å². The highest BCUT2D eigenvalue weighted by Crippen LogP contribution is 2.21. The maximum Gasteiger partial charge on any atom is 0.255 e. The Balaban J connectivity index is 2.32. The van der Waals surface area contributed by atoms with E-state index in [1.54, 1.807) is 0 Å². The minimum Gasteiger partial charge on any atom is -0.317 e. The lowest BCUT2D eigenvalue weighted by Crippen LogP contribution is -2.15. The summed E-state index contributed by atoms with van der Waals surface area (Å²) in [4.78, 5) is 16.0. The highest BCUT2D eigenvalue weighted by Gasteiger charge is 2.16. The smallest absolute Gasteiger partial charge is 0.255 e. The largest absolute Gasteiger partial charge is 0.317 e. The van der Waals surface area contributed by atoms with Crippen LogP contribution in [0.1, 0.15) is 23.0 Å². The van der Waals surface area contributed by atoms with Gasteiger partial charge in [-0.2, -0.15) is 0 Å². The van der Waals surface area contributed by atoms with Crippen molar-refractivity contribution >= 4 is 23.2 Å². The first kappa shape index (κ1) is 15.3. The van der Waals surface area contributed by atoms with Crippen molar-refractivity contribution in [3.05, 3.63) is 58.1 Å². The van der Waals surface area contributed by atoms with Gasteiger partial charge in [-0.25, -0.2) is 18.2 Å². The Labute approximate surface area is 123 Å². The van der Waals surface area contributed by atoms with Crippen molar-refractivity contribution in [1.29, 1.82) is 0 Å². The topological polar surface area (TPSA) is 42.0 Å². The lowest BCUT2D eigenvalue weighted by molar-refractivity contribution is 0.102. The molecule has 0 saturated carbocycles. The average Bonchev–Trinajstić information content (AvgIpc) is 2.41. The average molecular weight is 315 g/mol. The van der Waals surface area contributed by atoms with E-state index < -0.39 is 29.0 Å². The van der Waals surface area contributed by atoms with Gasteiger partial charge in [-0.1, -0.05) is 18.5 Å². The quantitative estimate of drug-likeness (QED) is 0.871. The summed E-state index contributed by atoms with van der Waals surface area (Å²) in [5, 5.41) is 2.16. The van der Waals surface area contributed by atoms with Gasteiger partial charge in [0.15, 0.2) is 11.6 Å². The van der Waals surface area contributed by atoms with E-state index in [0.29, 0.717) is 24.2 Å². The van der Waals surface area contributed by atoms with Crippen molar-refractivity contribution in [2.75, 3.05) is 5.32 Å². The molecule has 0 aliphatic heterocycles. The fraction of sp³-hybridized carbons (Fsp3) is 0.143. The molecule has 110 valence electrons. The van der Waals surface area contributed by atoms with E-state index >= 15 is 0 Å². The third kappa shape index (κ3) is 3.52. The third-order valence-corrected chi connectivity index (χ3v) is 2.91. The monoisotopic (exact) mass is 314 g/mol. The molecule has 1 aromatic heterocycles. The van der Waals surface area contributed by atoms with Crippen molar-refractivity contribution in [2.45, 2.75) is 13.3 Å². The number of nitrogens with zero attached hydrogens (tertiary/aromatic N) is 1.